The van der Waals surface area contributed by atoms with E-state index in [-0.39, 0.29) is 5.92 Å². The third-order valence-corrected chi connectivity index (χ3v) is 5.00. The quantitative estimate of drug-likeness (QED) is 0.899. The first kappa shape index (κ1) is 12.8. The predicted molar refractivity (Wildman–Crippen MR) is 78.7 cm³/mol. The number of aromatic nitrogens is 1. The summed E-state index contributed by atoms with van der Waals surface area (Å²) in [6.45, 7) is 4.19. The second-order valence-electron chi connectivity index (χ2n) is 5.36. The van der Waals surface area contributed by atoms with Gasteiger partial charge >= 0.3 is 0 Å². The lowest BCUT2D eigenvalue weighted by Crippen LogP contribution is -2.18. The highest BCUT2D eigenvalue weighted by atomic mass is 32.1. The molecule has 0 spiro atoms. The second kappa shape index (κ2) is 5.06. The van der Waals surface area contributed by atoms with E-state index in [4.69, 9.17) is 0 Å². The first-order valence-corrected chi connectivity index (χ1v) is 7.67. The third-order valence-electron chi connectivity index (χ3n) is 4.02. The van der Waals surface area contributed by atoms with Crippen LogP contribution in [0.25, 0.3) is 0 Å². The molecule has 2 aromatic heterocycles. The van der Waals surface area contributed by atoms with Crippen LogP contribution in [0.15, 0.2) is 24.4 Å². The summed E-state index contributed by atoms with van der Waals surface area (Å²) in [5, 5.41) is 10.8. The average molecular weight is 273 g/mol. The van der Waals surface area contributed by atoms with Gasteiger partial charge in [0.05, 0.1) is 6.10 Å². The van der Waals surface area contributed by atoms with Gasteiger partial charge in [0.2, 0.25) is 0 Å². The molecule has 2 unspecified atom stereocenters. The largest absolute Gasteiger partial charge is 0.388 e. The van der Waals surface area contributed by atoms with Gasteiger partial charge in [-0.05, 0) is 56.4 Å². The lowest BCUT2D eigenvalue weighted by molar-refractivity contribution is 0.134. The zero-order chi connectivity index (χ0) is 13.4. The van der Waals surface area contributed by atoms with E-state index in [9.17, 15) is 5.11 Å². The maximum Gasteiger partial charge on any atom is 0.0884 e. The van der Waals surface area contributed by atoms with Gasteiger partial charge in [-0.1, -0.05) is 6.07 Å². The summed E-state index contributed by atoms with van der Waals surface area (Å²) in [5.41, 5.74) is 3.50. The van der Waals surface area contributed by atoms with Crippen molar-refractivity contribution < 1.29 is 5.11 Å². The van der Waals surface area contributed by atoms with Gasteiger partial charge in [0.15, 0.2) is 0 Å². The summed E-state index contributed by atoms with van der Waals surface area (Å²) in [4.78, 5) is 7.02. The predicted octanol–water partition coefficient (Wildman–Crippen LogP) is 3.91. The molecule has 1 aliphatic rings. The lowest BCUT2D eigenvalue weighted by atomic mass is 9.81. The van der Waals surface area contributed by atoms with Crippen LogP contribution in [0.2, 0.25) is 0 Å². The summed E-state index contributed by atoms with van der Waals surface area (Å²) >= 11 is 1.76. The highest BCUT2D eigenvalue weighted by molar-refractivity contribution is 7.12. The molecule has 0 radical (unpaired) electrons. The Labute approximate surface area is 118 Å². The first-order chi connectivity index (χ1) is 9.16. The molecule has 1 N–H and O–H groups in total. The van der Waals surface area contributed by atoms with Crippen molar-refractivity contribution in [3.05, 3.63) is 51.0 Å². The van der Waals surface area contributed by atoms with Gasteiger partial charge in [-0.2, -0.15) is 0 Å². The number of aliphatic hydroxyl groups is 1. The molecule has 0 saturated heterocycles. The summed E-state index contributed by atoms with van der Waals surface area (Å²) in [6.07, 6.45) is 4.69. The molecule has 2 aromatic rings. The van der Waals surface area contributed by atoms with Crippen LogP contribution in [0.4, 0.5) is 0 Å². The molecule has 2 nitrogen and oxygen atoms in total. The molecule has 0 aliphatic heterocycles. The Morgan fingerprint density at radius 3 is 3.00 bits per heavy atom. The van der Waals surface area contributed by atoms with E-state index in [2.05, 4.69) is 31.0 Å². The number of hydrogen-bond acceptors (Lipinski definition) is 3. The second-order valence-corrected chi connectivity index (χ2v) is 6.82. The van der Waals surface area contributed by atoms with Crippen LogP contribution in [0.3, 0.4) is 0 Å². The van der Waals surface area contributed by atoms with E-state index in [1.165, 1.54) is 15.3 Å². The van der Waals surface area contributed by atoms with E-state index < -0.39 is 6.10 Å². The van der Waals surface area contributed by atoms with E-state index in [0.29, 0.717) is 0 Å². The molecule has 3 rings (SSSR count). The maximum atomic E-state index is 10.8. The molecule has 1 aliphatic carbocycles. The fourth-order valence-corrected chi connectivity index (χ4v) is 4.08. The van der Waals surface area contributed by atoms with Crippen LogP contribution in [-0.4, -0.2) is 10.1 Å². The molecular weight excluding hydrogens is 254 g/mol. The monoisotopic (exact) mass is 273 g/mol. The smallest absolute Gasteiger partial charge is 0.0884 e. The highest BCUT2D eigenvalue weighted by Gasteiger charge is 2.30. The van der Waals surface area contributed by atoms with Gasteiger partial charge in [-0.25, -0.2) is 0 Å². The summed E-state index contributed by atoms with van der Waals surface area (Å²) in [7, 11) is 0. The minimum absolute atomic E-state index is 0.151. The number of nitrogens with zero attached hydrogens (tertiary/aromatic N) is 1. The van der Waals surface area contributed by atoms with E-state index in [1.807, 2.05) is 12.3 Å². The molecule has 2 heterocycles. The SMILES string of the molecule is Cc1cc(C(O)C2CCCc3cccnc32)c(C)s1. The molecule has 0 aromatic carbocycles. The van der Waals surface area contributed by atoms with Crippen LogP contribution >= 0.6 is 11.3 Å². The molecule has 0 fully saturated rings. The number of pyridine rings is 1. The van der Waals surface area contributed by atoms with Crippen LogP contribution in [0.1, 0.15) is 51.4 Å². The van der Waals surface area contributed by atoms with Gasteiger partial charge in [-0.15, -0.1) is 11.3 Å². The Morgan fingerprint density at radius 1 is 1.42 bits per heavy atom. The van der Waals surface area contributed by atoms with Gasteiger partial charge in [0, 0.05) is 27.6 Å². The minimum atomic E-state index is -0.418. The van der Waals surface area contributed by atoms with Gasteiger partial charge < -0.3 is 5.11 Å². The Morgan fingerprint density at radius 2 is 2.26 bits per heavy atom. The first-order valence-electron chi connectivity index (χ1n) is 6.85. The average Bonchev–Trinajstić information content (AvgIpc) is 2.76. The summed E-state index contributed by atoms with van der Waals surface area (Å²) in [5.74, 6) is 0.151. The third kappa shape index (κ3) is 2.33. The van der Waals surface area contributed by atoms with Crippen LogP contribution < -0.4 is 0 Å². The number of aliphatic hydroxyl groups excluding tert-OH is 1. The Hall–Kier alpha value is -1.19. The van der Waals surface area contributed by atoms with Gasteiger partial charge in [0.25, 0.3) is 0 Å². The molecule has 2 atom stereocenters. The zero-order valence-corrected chi connectivity index (χ0v) is 12.2. The van der Waals surface area contributed by atoms with E-state index in [1.54, 1.807) is 11.3 Å². The summed E-state index contributed by atoms with van der Waals surface area (Å²) in [6, 6.07) is 6.27. The molecule has 3 heteroatoms. The van der Waals surface area contributed by atoms with Crippen molar-refractivity contribution in [2.24, 2.45) is 0 Å². The maximum absolute atomic E-state index is 10.8. The molecule has 100 valence electrons. The topological polar surface area (TPSA) is 33.1 Å². The number of thiophene rings is 1. The van der Waals surface area contributed by atoms with Crippen LogP contribution in [0, 0.1) is 13.8 Å². The Balaban J connectivity index is 1.97. The van der Waals surface area contributed by atoms with Crippen molar-refractivity contribution >= 4 is 11.3 Å². The molecular formula is C16H19NOS. The number of rotatable bonds is 2. The van der Waals surface area contributed by atoms with E-state index in [0.717, 1.165) is 30.5 Å². The zero-order valence-electron chi connectivity index (χ0n) is 11.4. The molecule has 0 amide bonds. The van der Waals surface area contributed by atoms with Crippen molar-refractivity contribution in [2.45, 2.75) is 45.1 Å². The fourth-order valence-electron chi connectivity index (χ4n) is 3.11. The van der Waals surface area contributed by atoms with E-state index >= 15 is 0 Å². The van der Waals surface area contributed by atoms with Crippen molar-refractivity contribution in [1.82, 2.24) is 4.98 Å². The lowest BCUT2D eigenvalue weighted by Gasteiger charge is -2.28. The van der Waals surface area contributed by atoms with Crippen molar-refractivity contribution in [1.29, 1.82) is 0 Å². The summed E-state index contributed by atoms with van der Waals surface area (Å²) < 4.78 is 0. The number of aryl methyl sites for hydroxylation is 3. The number of hydrogen-bond donors (Lipinski definition) is 1. The fraction of sp³-hybridized carbons (Fsp3) is 0.438. The minimum Gasteiger partial charge on any atom is -0.388 e. The standard InChI is InChI=1S/C16H19NOS/c1-10-9-14(11(2)19-10)16(18)13-7-3-5-12-6-4-8-17-15(12)13/h4,6,8-9,13,16,18H,3,5,7H2,1-2H3. The van der Waals surface area contributed by atoms with Gasteiger partial charge in [-0.3, -0.25) is 4.98 Å². The highest BCUT2D eigenvalue weighted by Crippen LogP contribution is 2.41. The Bertz CT molecular complexity index is 590. The normalized spacial score (nSPS) is 20.1. The van der Waals surface area contributed by atoms with Crippen molar-refractivity contribution in [3.8, 4) is 0 Å². The Kier molecular flexibility index (Phi) is 3.42. The van der Waals surface area contributed by atoms with Crippen LogP contribution in [0.5, 0.6) is 0 Å². The van der Waals surface area contributed by atoms with Crippen LogP contribution in [-0.2, 0) is 6.42 Å². The van der Waals surface area contributed by atoms with Crippen molar-refractivity contribution in [3.63, 3.8) is 0 Å². The molecule has 19 heavy (non-hydrogen) atoms. The van der Waals surface area contributed by atoms with Crippen molar-refractivity contribution in [2.75, 3.05) is 0 Å². The molecule has 0 saturated carbocycles. The van der Waals surface area contributed by atoms with Gasteiger partial charge in [0.1, 0.15) is 0 Å². The number of fused-ring (bicyclic) bond motifs is 1. The molecule has 0 bridgehead atoms.